The largest absolute Gasteiger partial charge is 0.478 e. The van der Waals surface area contributed by atoms with E-state index in [1.807, 2.05) is 5.38 Å². The van der Waals surface area contributed by atoms with Crippen LogP contribution in [0.3, 0.4) is 0 Å². The molecule has 0 saturated heterocycles. The van der Waals surface area contributed by atoms with Gasteiger partial charge in [0.25, 0.3) is 0 Å². The predicted octanol–water partition coefficient (Wildman–Crippen LogP) is 3.22. The molecule has 4 heteroatoms. The number of carbonyl (C=O) groups is 1. The summed E-state index contributed by atoms with van der Waals surface area (Å²) in [4.78, 5) is 14.2. The molecule has 1 aliphatic rings. The Bertz CT molecular complexity index is 433. The monoisotopic (exact) mass is 265 g/mol. The number of thiophene rings is 1. The molecule has 18 heavy (non-hydrogen) atoms. The normalized spacial score (nSPS) is 17.0. The minimum Gasteiger partial charge on any atom is -0.478 e. The van der Waals surface area contributed by atoms with E-state index < -0.39 is 5.97 Å². The molecule has 1 aromatic rings. The molecule has 1 fully saturated rings. The van der Waals surface area contributed by atoms with Gasteiger partial charge in [0.05, 0.1) is 0 Å². The lowest BCUT2D eigenvalue weighted by atomic mass is 10.2. The van der Waals surface area contributed by atoms with Crippen LogP contribution in [0, 0.1) is 0 Å². The Morgan fingerprint density at radius 3 is 2.94 bits per heavy atom. The highest BCUT2D eigenvalue weighted by Crippen LogP contribution is 2.25. The first-order valence-electron chi connectivity index (χ1n) is 6.34. The average molecular weight is 265 g/mol. The number of carboxylic acid groups (broad SMARTS) is 1. The second-order valence-corrected chi connectivity index (χ2v) is 5.87. The lowest BCUT2D eigenvalue weighted by molar-refractivity contribution is -0.131. The summed E-state index contributed by atoms with van der Waals surface area (Å²) < 4.78 is 0. The van der Waals surface area contributed by atoms with Crippen LogP contribution in [0.5, 0.6) is 0 Å². The summed E-state index contributed by atoms with van der Waals surface area (Å²) >= 11 is 1.70. The number of hydrogen-bond donors (Lipinski definition) is 1. The van der Waals surface area contributed by atoms with E-state index in [1.54, 1.807) is 17.4 Å². The van der Waals surface area contributed by atoms with E-state index in [1.165, 1.54) is 36.6 Å². The lowest BCUT2D eigenvalue weighted by Crippen LogP contribution is -2.28. The molecular weight excluding hydrogens is 246 g/mol. The van der Waals surface area contributed by atoms with Gasteiger partial charge in [-0.05, 0) is 43.0 Å². The van der Waals surface area contributed by atoms with E-state index in [-0.39, 0.29) is 0 Å². The van der Waals surface area contributed by atoms with Crippen molar-refractivity contribution in [2.24, 2.45) is 0 Å². The van der Waals surface area contributed by atoms with Crippen molar-refractivity contribution in [3.8, 4) is 0 Å². The fraction of sp³-hybridized carbons (Fsp3) is 0.500. The third kappa shape index (κ3) is 3.68. The Morgan fingerprint density at radius 2 is 2.28 bits per heavy atom. The van der Waals surface area contributed by atoms with Crippen LogP contribution in [0.25, 0.3) is 6.08 Å². The minimum absolute atomic E-state index is 0.727. The summed E-state index contributed by atoms with van der Waals surface area (Å²) in [5.41, 5.74) is 0.984. The van der Waals surface area contributed by atoms with Crippen molar-refractivity contribution in [2.45, 2.75) is 38.3 Å². The van der Waals surface area contributed by atoms with E-state index in [9.17, 15) is 4.79 Å². The first-order chi connectivity index (χ1) is 8.65. The van der Waals surface area contributed by atoms with Gasteiger partial charge in [0.2, 0.25) is 0 Å². The van der Waals surface area contributed by atoms with Crippen LogP contribution >= 0.6 is 11.3 Å². The van der Waals surface area contributed by atoms with Crippen LogP contribution in [-0.2, 0) is 11.3 Å². The van der Waals surface area contributed by atoms with Gasteiger partial charge >= 0.3 is 5.97 Å². The first-order valence-corrected chi connectivity index (χ1v) is 7.22. The molecule has 0 bridgehead atoms. The summed E-state index contributed by atoms with van der Waals surface area (Å²) in [6, 6.07) is 2.81. The number of rotatable bonds is 5. The van der Waals surface area contributed by atoms with Crippen molar-refractivity contribution in [3.05, 3.63) is 28.0 Å². The van der Waals surface area contributed by atoms with Gasteiger partial charge in [-0.1, -0.05) is 12.8 Å². The Balaban J connectivity index is 1.91. The van der Waals surface area contributed by atoms with Gasteiger partial charge in [-0.2, -0.15) is 0 Å². The number of aliphatic carboxylic acids is 1. The van der Waals surface area contributed by atoms with Gasteiger partial charge in [0.15, 0.2) is 0 Å². The molecule has 0 atom stereocenters. The lowest BCUT2D eigenvalue weighted by Gasteiger charge is -2.23. The molecule has 0 aliphatic heterocycles. The highest BCUT2D eigenvalue weighted by atomic mass is 32.1. The van der Waals surface area contributed by atoms with E-state index >= 15 is 0 Å². The minimum atomic E-state index is -0.897. The second kappa shape index (κ2) is 6.16. The van der Waals surface area contributed by atoms with Gasteiger partial charge in [0.1, 0.15) is 0 Å². The fourth-order valence-corrected chi connectivity index (χ4v) is 3.37. The SMILES string of the molecule is CN(Cc1cc(C=CC(=O)O)cs1)C1CCCC1. The van der Waals surface area contributed by atoms with E-state index in [4.69, 9.17) is 5.11 Å². The molecule has 0 aromatic carbocycles. The van der Waals surface area contributed by atoms with Crippen molar-refractivity contribution >= 4 is 23.4 Å². The third-order valence-electron chi connectivity index (χ3n) is 3.45. The fourth-order valence-electron chi connectivity index (χ4n) is 2.46. The van der Waals surface area contributed by atoms with Crippen LogP contribution in [0.1, 0.15) is 36.1 Å². The zero-order valence-electron chi connectivity index (χ0n) is 10.6. The number of carboxylic acids is 1. The van der Waals surface area contributed by atoms with E-state index in [0.29, 0.717) is 0 Å². The summed E-state index contributed by atoms with van der Waals surface area (Å²) in [6.07, 6.45) is 8.17. The molecule has 1 heterocycles. The highest BCUT2D eigenvalue weighted by molar-refractivity contribution is 7.10. The van der Waals surface area contributed by atoms with Crippen molar-refractivity contribution < 1.29 is 9.90 Å². The maximum Gasteiger partial charge on any atom is 0.328 e. The van der Waals surface area contributed by atoms with Crippen molar-refractivity contribution in [1.29, 1.82) is 0 Å². The first kappa shape index (κ1) is 13.3. The van der Waals surface area contributed by atoms with Crippen LogP contribution in [0.2, 0.25) is 0 Å². The molecule has 0 radical (unpaired) electrons. The maximum absolute atomic E-state index is 10.4. The van der Waals surface area contributed by atoms with Crippen LogP contribution in [0.4, 0.5) is 0 Å². The molecule has 2 rings (SSSR count). The molecule has 98 valence electrons. The zero-order valence-corrected chi connectivity index (χ0v) is 11.4. The molecule has 0 spiro atoms. The summed E-state index contributed by atoms with van der Waals surface area (Å²) in [7, 11) is 2.18. The van der Waals surface area contributed by atoms with Gasteiger partial charge in [-0.3, -0.25) is 4.90 Å². The Kier molecular flexibility index (Phi) is 4.55. The van der Waals surface area contributed by atoms with Gasteiger partial charge in [0, 0.05) is 23.5 Å². The third-order valence-corrected chi connectivity index (χ3v) is 4.39. The predicted molar refractivity (Wildman–Crippen MR) is 74.7 cm³/mol. The number of hydrogen-bond acceptors (Lipinski definition) is 3. The summed E-state index contributed by atoms with van der Waals surface area (Å²) in [5.74, 6) is -0.897. The van der Waals surface area contributed by atoms with Crippen LogP contribution in [0.15, 0.2) is 17.5 Å². The standard InChI is InChI=1S/C14H19NO2S/c1-15(12-4-2-3-5-12)9-13-8-11(10-18-13)6-7-14(16)17/h6-8,10,12H,2-5,9H2,1H3,(H,16,17). The Labute approximate surface area is 112 Å². The number of nitrogens with zero attached hydrogens (tertiary/aromatic N) is 1. The van der Waals surface area contributed by atoms with Gasteiger partial charge < -0.3 is 5.11 Å². The summed E-state index contributed by atoms with van der Waals surface area (Å²) in [6.45, 7) is 0.968. The molecule has 1 saturated carbocycles. The van der Waals surface area contributed by atoms with E-state index in [0.717, 1.165) is 18.2 Å². The van der Waals surface area contributed by atoms with Crippen LogP contribution in [-0.4, -0.2) is 29.1 Å². The molecular formula is C14H19NO2S. The Morgan fingerprint density at radius 1 is 1.56 bits per heavy atom. The van der Waals surface area contributed by atoms with Crippen molar-refractivity contribution in [1.82, 2.24) is 4.90 Å². The maximum atomic E-state index is 10.4. The van der Waals surface area contributed by atoms with Crippen molar-refractivity contribution in [2.75, 3.05) is 7.05 Å². The van der Waals surface area contributed by atoms with Crippen molar-refractivity contribution in [3.63, 3.8) is 0 Å². The molecule has 0 unspecified atom stereocenters. The summed E-state index contributed by atoms with van der Waals surface area (Å²) in [5, 5.41) is 10.6. The average Bonchev–Trinajstić information content (AvgIpc) is 2.97. The molecule has 3 nitrogen and oxygen atoms in total. The second-order valence-electron chi connectivity index (χ2n) is 4.87. The molecule has 1 aliphatic carbocycles. The Hall–Kier alpha value is -1.13. The molecule has 1 N–H and O–H groups in total. The van der Waals surface area contributed by atoms with E-state index in [2.05, 4.69) is 18.0 Å². The molecule has 1 aromatic heterocycles. The zero-order chi connectivity index (χ0) is 13.0. The smallest absolute Gasteiger partial charge is 0.328 e. The van der Waals surface area contributed by atoms with Crippen LogP contribution < -0.4 is 0 Å². The highest BCUT2D eigenvalue weighted by Gasteiger charge is 2.19. The quantitative estimate of drug-likeness (QED) is 0.831. The molecule has 0 amide bonds. The topological polar surface area (TPSA) is 40.5 Å². The van der Waals surface area contributed by atoms with Gasteiger partial charge in [-0.25, -0.2) is 4.79 Å². The van der Waals surface area contributed by atoms with Gasteiger partial charge in [-0.15, -0.1) is 11.3 Å².